The highest BCUT2D eigenvalue weighted by Crippen LogP contribution is 2.35. The summed E-state index contributed by atoms with van der Waals surface area (Å²) in [7, 11) is 0. The van der Waals surface area contributed by atoms with Crippen LogP contribution in [0.2, 0.25) is 0 Å². The first-order chi connectivity index (χ1) is 10.3. The van der Waals surface area contributed by atoms with Crippen molar-refractivity contribution in [3.8, 4) is 0 Å². The molecule has 2 aliphatic heterocycles. The third-order valence-corrected chi connectivity index (χ3v) is 5.14. The number of benzene rings is 1. The van der Waals surface area contributed by atoms with Gasteiger partial charge in [0.2, 0.25) is 0 Å². The van der Waals surface area contributed by atoms with Crippen LogP contribution in [-0.2, 0) is 6.42 Å². The zero-order valence-corrected chi connectivity index (χ0v) is 13.0. The number of rotatable bonds is 6. The summed E-state index contributed by atoms with van der Waals surface area (Å²) in [4.78, 5) is 2.72. The Bertz CT molecular complexity index is 431. The Morgan fingerprint density at radius 1 is 1.14 bits per heavy atom. The number of hydrogen-bond donors (Lipinski definition) is 1. The summed E-state index contributed by atoms with van der Waals surface area (Å²) in [6, 6.07) is 9.25. The minimum Gasteiger partial charge on any atom is -0.314 e. The molecule has 3 rings (SSSR count). The van der Waals surface area contributed by atoms with Crippen molar-refractivity contribution in [2.45, 2.75) is 63.6 Å². The van der Waals surface area contributed by atoms with Gasteiger partial charge in [0, 0.05) is 24.7 Å². The molecule has 1 aromatic carbocycles. The summed E-state index contributed by atoms with van der Waals surface area (Å²) in [5, 5.41) is 3.70. The number of nitrogens with one attached hydrogen (secondary N) is 1. The molecule has 0 aromatic heterocycles. The van der Waals surface area contributed by atoms with Crippen LogP contribution in [0.25, 0.3) is 0 Å². The van der Waals surface area contributed by atoms with Gasteiger partial charge in [-0.3, -0.25) is 4.90 Å². The maximum atomic E-state index is 12.9. The van der Waals surface area contributed by atoms with E-state index in [1.807, 2.05) is 12.1 Å². The second-order valence-electron chi connectivity index (χ2n) is 6.62. The fourth-order valence-electron chi connectivity index (χ4n) is 4.06. The quantitative estimate of drug-likeness (QED) is 0.864. The zero-order valence-electron chi connectivity index (χ0n) is 13.0. The van der Waals surface area contributed by atoms with E-state index in [1.54, 1.807) is 12.1 Å². The molecule has 2 bridgehead atoms. The predicted octanol–water partition coefficient (Wildman–Crippen LogP) is 3.36. The Kier molecular flexibility index (Phi) is 4.91. The third kappa shape index (κ3) is 3.64. The summed E-state index contributed by atoms with van der Waals surface area (Å²) in [5.41, 5.74) is 1.25. The predicted molar refractivity (Wildman–Crippen MR) is 84.9 cm³/mol. The maximum Gasteiger partial charge on any atom is 0.123 e. The van der Waals surface area contributed by atoms with E-state index in [9.17, 15) is 4.39 Å². The molecule has 2 nitrogen and oxygen atoms in total. The largest absolute Gasteiger partial charge is 0.314 e. The monoisotopic (exact) mass is 290 g/mol. The van der Waals surface area contributed by atoms with Crippen molar-refractivity contribution in [2.24, 2.45) is 0 Å². The maximum absolute atomic E-state index is 12.9. The first kappa shape index (κ1) is 15.0. The molecule has 2 aliphatic rings. The molecule has 1 N–H and O–H groups in total. The van der Waals surface area contributed by atoms with Gasteiger partial charge in [-0.1, -0.05) is 19.1 Å². The summed E-state index contributed by atoms with van der Waals surface area (Å²) in [5.74, 6) is -0.137. The van der Waals surface area contributed by atoms with Crippen LogP contribution in [0.4, 0.5) is 4.39 Å². The topological polar surface area (TPSA) is 15.3 Å². The molecule has 21 heavy (non-hydrogen) atoms. The van der Waals surface area contributed by atoms with Gasteiger partial charge < -0.3 is 5.32 Å². The van der Waals surface area contributed by atoms with Gasteiger partial charge in [-0.25, -0.2) is 4.39 Å². The molecule has 2 atom stereocenters. The summed E-state index contributed by atoms with van der Waals surface area (Å²) in [6.45, 7) is 4.51. The molecule has 3 heteroatoms. The summed E-state index contributed by atoms with van der Waals surface area (Å²) in [6.07, 6.45) is 7.59. The van der Waals surface area contributed by atoms with E-state index >= 15 is 0 Å². The van der Waals surface area contributed by atoms with Gasteiger partial charge in [0.25, 0.3) is 0 Å². The first-order valence-electron chi connectivity index (χ1n) is 8.50. The van der Waals surface area contributed by atoms with Gasteiger partial charge in [0.05, 0.1) is 0 Å². The van der Waals surface area contributed by atoms with Crippen LogP contribution in [0.1, 0.15) is 44.6 Å². The van der Waals surface area contributed by atoms with E-state index in [0.717, 1.165) is 37.6 Å². The first-order valence-corrected chi connectivity index (χ1v) is 8.50. The average Bonchev–Trinajstić information content (AvgIpc) is 2.74. The summed E-state index contributed by atoms with van der Waals surface area (Å²) >= 11 is 0. The minimum absolute atomic E-state index is 0.137. The van der Waals surface area contributed by atoms with E-state index in [1.165, 1.54) is 37.7 Å². The molecular weight excluding hydrogens is 263 g/mol. The van der Waals surface area contributed by atoms with E-state index in [4.69, 9.17) is 0 Å². The van der Waals surface area contributed by atoms with Gasteiger partial charge in [0.15, 0.2) is 0 Å². The van der Waals surface area contributed by atoms with Crippen LogP contribution < -0.4 is 5.32 Å². The van der Waals surface area contributed by atoms with Crippen molar-refractivity contribution >= 4 is 0 Å². The molecule has 0 amide bonds. The van der Waals surface area contributed by atoms with Crippen LogP contribution in [-0.4, -0.2) is 36.1 Å². The molecule has 0 saturated carbocycles. The van der Waals surface area contributed by atoms with Crippen molar-refractivity contribution in [2.75, 3.05) is 13.1 Å². The molecular formula is C18H27FN2. The van der Waals surface area contributed by atoms with Crippen molar-refractivity contribution in [3.63, 3.8) is 0 Å². The molecule has 2 heterocycles. The Balaban J connectivity index is 1.52. The molecule has 0 radical (unpaired) electrons. The van der Waals surface area contributed by atoms with E-state index < -0.39 is 0 Å². The molecule has 2 unspecified atom stereocenters. The van der Waals surface area contributed by atoms with Gasteiger partial charge in [-0.2, -0.15) is 0 Å². The lowest BCUT2D eigenvalue weighted by Crippen LogP contribution is -2.49. The standard InChI is InChI=1S/C18H27FN2/c1-2-10-20-16-12-17-7-8-18(13-16)21(17)11-9-14-3-5-15(19)6-4-14/h3-6,16-18,20H,2,7-13H2,1H3. The lowest BCUT2D eigenvalue weighted by molar-refractivity contribution is 0.118. The SMILES string of the molecule is CCCNC1CC2CCC(C1)N2CCc1ccc(F)cc1. The van der Waals surface area contributed by atoms with Crippen molar-refractivity contribution in [1.29, 1.82) is 0 Å². The van der Waals surface area contributed by atoms with Crippen LogP contribution >= 0.6 is 0 Å². The van der Waals surface area contributed by atoms with Crippen LogP contribution in [0.5, 0.6) is 0 Å². The molecule has 0 aliphatic carbocycles. The Morgan fingerprint density at radius 2 is 1.81 bits per heavy atom. The molecule has 2 saturated heterocycles. The Hall–Kier alpha value is -0.930. The highest BCUT2D eigenvalue weighted by molar-refractivity contribution is 5.16. The average molecular weight is 290 g/mol. The highest BCUT2D eigenvalue weighted by atomic mass is 19.1. The van der Waals surface area contributed by atoms with E-state index in [-0.39, 0.29) is 5.82 Å². The van der Waals surface area contributed by atoms with Gasteiger partial charge in [-0.15, -0.1) is 0 Å². The fraction of sp³-hybridized carbons (Fsp3) is 0.667. The van der Waals surface area contributed by atoms with Gasteiger partial charge >= 0.3 is 0 Å². The number of halogens is 1. The number of hydrogen-bond acceptors (Lipinski definition) is 2. The number of fused-ring (bicyclic) bond motifs is 2. The lowest BCUT2D eigenvalue weighted by Gasteiger charge is -2.39. The van der Waals surface area contributed by atoms with Crippen molar-refractivity contribution in [3.05, 3.63) is 35.6 Å². The molecule has 0 spiro atoms. The Morgan fingerprint density at radius 3 is 2.43 bits per heavy atom. The molecule has 2 fully saturated rings. The smallest absolute Gasteiger partial charge is 0.123 e. The van der Waals surface area contributed by atoms with Crippen molar-refractivity contribution < 1.29 is 4.39 Å². The second-order valence-corrected chi connectivity index (χ2v) is 6.62. The van der Waals surface area contributed by atoms with E-state index in [2.05, 4.69) is 17.1 Å². The van der Waals surface area contributed by atoms with Crippen LogP contribution in [0.15, 0.2) is 24.3 Å². The van der Waals surface area contributed by atoms with Crippen molar-refractivity contribution in [1.82, 2.24) is 10.2 Å². The Labute approximate surface area is 127 Å². The van der Waals surface area contributed by atoms with Crippen LogP contribution in [0, 0.1) is 5.82 Å². The summed E-state index contributed by atoms with van der Waals surface area (Å²) < 4.78 is 12.9. The molecule has 1 aromatic rings. The highest BCUT2D eigenvalue weighted by Gasteiger charge is 2.39. The molecule has 116 valence electrons. The number of piperidine rings is 1. The van der Waals surface area contributed by atoms with Gasteiger partial charge in [0.1, 0.15) is 5.82 Å². The lowest BCUT2D eigenvalue weighted by atomic mass is 9.96. The van der Waals surface area contributed by atoms with Crippen LogP contribution in [0.3, 0.4) is 0 Å². The van der Waals surface area contributed by atoms with Gasteiger partial charge in [-0.05, 0) is 62.8 Å². The minimum atomic E-state index is -0.137. The van der Waals surface area contributed by atoms with E-state index in [0.29, 0.717) is 0 Å². The fourth-order valence-corrected chi connectivity index (χ4v) is 4.06. The number of nitrogens with zero attached hydrogens (tertiary/aromatic N) is 1. The normalized spacial score (nSPS) is 29.0. The zero-order chi connectivity index (χ0) is 14.7. The second kappa shape index (κ2) is 6.89. The third-order valence-electron chi connectivity index (χ3n) is 5.14.